The van der Waals surface area contributed by atoms with E-state index in [4.69, 9.17) is 27.9 Å². The lowest BCUT2D eigenvalue weighted by molar-refractivity contribution is 0.161. The van der Waals surface area contributed by atoms with Crippen molar-refractivity contribution >= 4 is 46.7 Å². The summed E-state index contributed by atoms with van der Waals surface area (Å²) in [5.41, 5.74) is 2.01. The smallest absolute Gasteiger partial charge is 0.413 e. The number of benzene rings is 2. The van der Waals surface area contributed by atoms with Crippen LogP contribution in [0, 0.1) is 0 Å². The molecule has 144 valence electrons. The molecular weight excluding hydrogens is 389 g/mol. The molecule has 0 radical (unpaired) electrons. The Balaban J connectivity index is 1.96. The number of ether oxygens (including phenoxy) is 1. The highest BCUT2D eigenvalue weighted by Crippen LogP contribution is 2.26. The van der Waals surface area contributed by atoms with E-state index in [0.29, 0.717) is 28.0 Å². The Morgan fingerprint density at radius 1 is 1.15 bits per heavy atom. The van der Waals surface area contributed by atoms with E-state index < -0.39 is 6.09 Å². The molecule has 0 heterocycles. The monoisotopic (exact) mass is 409 g/mol. The summed E-state index contributed by atoms with van der Waals surface area (Å²) < 4.78 is 4.94. The molecule has 1 unspecified atom stereocenters. The summed E-state index contributed by atoms with van der Waals surface area (Å²) in [5.74, 6) is 0. The second kappa shape index (κ2) is 9.48. The highest BCUT2D eigenvalue weighted by molar-refractivity contribution is 6.35. The van der Waals surface area contributed by atoms with E-state index in [1.54, 1.807) is 56.4 Å². The van der Waals surface area contributed by atoms with Gasteiger partial charge in [0.25, 0.3) is 0 Å². The quantitative estimate of drug-likeness (QED) is 0.687. The lowest BCUT2D eigenvalue weighted by atomic mass is 10.1. The van der Waals surface area contributed by atoms with Gasteiger partial charge in [-0.05, 0) is 55.8 Å². The maximum Gasteiger partial charge on any atom is 0.413 e. The molecule has 0 aliphatic heterocycles. The van der Waals surface area contributed by atoms with Gasteiger partial charge in [-0.25, -0.2) is 9.59 Å². The second-order valence-electron chi connectivity index (χ2n) is 5.79. The first kappa shape index (κ1) is 20.9. The summed E-state index contributed by atoms with van der Waals surface area (Å²) >= 11 is 12.1. The predicted molar refractivity (Wildman–Crippen MR) is 109 cm³/mol. The number of rotatable bonds is 5. The molecule has 0 aromatic heterocycles. The first-order chi connectivity index (χ1) is 12.8. The summed E-state index contributed by atoms with van der Waals surface area (Å²) in [6, 6.07) is 11.3. The molecule has 1 atom stereocenters. The Bertz CT molecular complexity index is 812. The number of amides is 3. The zero-order valence-corrected chi connectivity index (χ0v) is 16.8. The molecule has 0 aliphatic rings. The maximum atomic E-state index is 12.2. The van der Waals surface area contributed by atoms with Crippen molar-refractivity contribution in [1.29, 1.82) is 0 Å². The number of nitrogens with one attached hydrogen (secondary N) is 2. The molecule has 8 heteroatoms. The Kier molecular flexibility index (Phi) is 7.33. The minimum Gasteiger partial charge on any atom is -0.449 e. The highest BCUT2D eigenvalue weighted by Gasteiger charge is 2.14. The van der Waals surface area contributed by atoms with Crippen LogP contribution in [0.5, 0.6) is 0 Å². The number of halogens is 2. The molecule has 0 bridgehead atoms. The largest absolute Gasteiger partial charge is 0.449 e. The number of anilines is 2. The fourth-order valence-corrected chi connectivity index (χ4v) is 2.96. The van der Waals surface area contributed by atoms with Gasteiger partial charge in [0.05, 0.1) is 12.6 Å². The van der Waals surface area contributed by atoms with Gasteiger partial charge in [0.1, 0.15) is 0 Å². The van der Waals surface area contributed by atoms with E-state index in [-0.39, 0.29) is 12.1 Å². The van der Waals surface area contributed by atoms with Crippen molar-refractivity contribution in [3.63, 3.8) is 0 Å². The van der Waals surface area contributed by atoms with Crippen LogP contribution in [-0.4, -0.2) is 25.8 Å². The van der Waals surface area contributed by atoms with Crippen LogP contribution >= 0.6 is 23.2 Å². The van der Waals surface area contributed by atoms with Crippen LogP contribution in [0.1, 0.15) is 25.5 Å². The summed E-state index contributed by atoms with van der Waals surface area (Å²) in [5, 5.41) is 6.58. The number of carbonyl (C=O) groups excluding carboxylic acids is 2. The lowest BCUT2D eigenvalue weighted by Crippen LogP contribution is -2.31. The van der Waals surface area contributed by atoms with E-state index in [1.807, 2.05) is 6.92 Å². The van der Waals surface area contributed by atoms with Crippen molar-refractivity contribution in [3.8, 4) is 0 Å². The lowest BCUT2D eigenvalue weighted by Gasteiger charge is -2.18. The molecule has 2 aromatic rings. The van der Waals surface area contributed by atoms with Gasteiger partial charge in [0, 0.05) is 28.5 Å². The summed E-state index contributed by atoms with van der Waals surface area (Å²) in [4.78, 5) is 25.3. The predicted octanol–water partition coefficient (Wildman–Crippen LogP) is 5.47. The van der Waals surface area contributed by atoms with Gasteiger partial charge in [0.2, 0.25) is 0 Å². The molecule has 2 rings (SSSR count). The van der Waals surface area contributed by atoms with Crippen LogP contribution in [0.2, 0.25) is 10.0 Å². The van der Waals surface area contributed by atoms with Crippen molar-refractivity contribution in [1.82, 2.24) is 5.32 Å². The molecule has 0 fully saturated rings. The first-order valence-electron chi connectivity index (χ1n) is 8.34. The first-order valence-corrected chi connectivity index (χ1v) is 9.10. The van der Waals surface area contributed by atoms with Gasteiger partial charge in [0.15, 0.2) is 0 Å². The van der Waals surface area contributed by atoms with E-state index in [9.17, 15) is 9.59 Å². The third kappa shape index (κ3) is 5.77. The van der Waals surface area contributed by atoms with Crippen LogP contribution in [0.3, 0.4) is 0 Å². The number of nitrogens with zero attached hydrogens (tertiary/aromatic N) is 1. The molecule has 0 saturated carbocycles. The number of urea groups is 1. The van der Waals surface area contributed by atoms with Crippen LogP contribution < -0.4 is 15.5 Å². The van der Waals surface area contributed by atoms with E-state index in [1.165, 1.54) is 4.90 Å². The number of hydrogen-bond acceptors (Lipinski definition) is 3. The van der Waals surface area contributed by atoms with Crippen molar-refractivity contribution in [2.75, 3.05) is 23.9 Å². The van der Waals surface area contributed by atoms with Crippen molar-refractivity contribution < 1.29 is 14.3 Å². The molecule has 0 spiro atoms. The van der Waals surface area contributed by atoms with Crippen LogP contribution in [0.4, 0.5) is 21.0 Å². The normalized spacial score (nSPS) is 11.4. The number of carbonyl (C=O) groups is 2. The average molecular weight is 410 g/mol. The van der Waals surface area contributed by atoms with Crippen LogP contribution in [-0.2, 0) is 4.74 Å². The molecule has 2 aromatic carbocycles. The summed E-state index contributed by atoms with van der Waals surface area (Å²) in [6.07, 6.45) is -0.440. The van der Waals surface area contributed by atoms with Crippen LogP contribution in [0.15, 0.2) is 42.5 Å². The standard InChI is InChI=1S/C19H21Cl2N3O3/c1-4-27-19(26)24(3)15-8-6-14(7-9-15)23-18(25)22-12(2)16-10-5-13(20)11-17(16)21/h5-12H,4H2,1-3H3,(H2,22,23,25). The number of hydrogen-bond donors (Lipinski definition) is 2. The minimum atomic E-state index is -0.440. The molecule has 2 N–H and O–H groups in total. The zero-order valence-electron chi connectivity index (χ0n) is 15.3. The highest BCUT2D eigenvalue weighted by atomic mass is 35.5. The van der Waals surface area contributed by atoms with Gasteiger partial charge >= 0.3 is 12.1 Å². The SMILES string of the molecule is CCOC(=O)N(C)c1ccc(NC(=O)NC(C)c2ccc(Cl)cc2Cl)cc1. The minimum absolute atomic E-state index is 0.302. The zero-order chi connectivity index (χ0) is 20.0. The second-order valence-corrected chi connectivity index (χ2v) is 6.63. The van der Waals surface area contributed by atoms with Crippen molar-refractivity contribution in [2.24, 2.45) is 0 Å². The van der Waals surface area contributed by atoms with Crippen molar-refractivity contribution in [3.05, 3.63) is 58.1 Å². The molecular formula is C19H21Cl2N3O3. The fraction of sp³-hybridized carbons (Fsp3) is 0.263. The van der Waals surface area contributed by atoms with Crippen molar-refractivity contribution in [2.45, 2.75) is 19.9 Å². The molecule has 3 amide bonds. The molecule has 0 aliphatic carbocycles. The molecule has 6 nitrogen and oxygen atoms in total. The third-order valence-electron chi connectivity index (χ3n) is 3.83. The van der Waals surface area contributed by atoms with Gasteiger partial charge in [-0.1, -0.05) is 29.3 Å². The Morgan fingerprint density at radius 3 is 2.41 bits per heavy atom. The van der Waals surface area contributed by atoms with E-state index in [0.717, 1.165) is 5.56 Å². The Labute approximate surface area is 168 Å². The fourth-order valence-electron chi connectivity index (χ4n) is 2.39. The van der Waals surface area contributed by atoms with Gasteiger partial charge in [-0.3, -0.25) is 4.90 Å². The van der Waals surface area contributed by atoms with Gasteiger partial charge in [-0.15, -0.1) is 0 Å². The van der Waals surface area contributed by atoms with E-state index >= 15 is 0 Å². The average Bonchev–Trinajstić information content (AvgIpc) is 2.61. The summed E-state index contributed by atoms with van der Waals surface area (Å²) in [7, 11) is 1.62. The topological polar surface area (TPSA) is 70.7 Å². The third-order valence-corrected chi connectivity index (χ3v) is 4.39. The maximum absolute atomic E-state index is 12.2. The van der Waals surface area contributed by atoms with Gasteiger partial charge < -0.3 is 15.4 Å². The van der Waals surface area contributed by atoms with Gasteiger partial charge in [-0.2, -0.15) is 0 Å². The Hall–Kier alpha value is -2.44. The Morgan fingerprint density at radius 2 is 1.81 bits per heavy atom. The molecule has 27 heavy (non-hydrogen) atoms. The van der Waals surface area contributed by atoms with Crippen LogP contribution in [0.25, 0.3) is 0 Å². The molecule has 0 saturated heterocycles. The van der Waals surface area contributed by atoms with E-state index in [2.05, 4.69) is 10.6 Å². The summed E-state index contributed by atoms with van der Waals surface area (Å²) in [6.45, 7) is 3.88.